The van der Waals surface area contributed by atoms with Crippen LogP contribution >= 0.6 is 15.9 Å². The molecule has 1 unspecified atom stereocenters. The third kappa shape index (κ3) is 2.24. The van der Waals surface area contributed by atoms with E-state index in [1.807, 2.05) is 0 Å². The first-order valence-electron chi connectivity index (χ1n) is 3.94. The normalized spacial score (nSPS) is 12.2. The lowest BCUT2D eigenvalue weighted by molar-refractivity contribution is -0.119. The van der Waals surface area contributed by atoms with Crippen LogP contribution < -0.4 is 16.2 Å². The lowest BCUT2D eigenvalue weighted by Gasteiger charge is -2.11. The van der Waals surface area contributed by atoms with Crippen molar-refractivity contribution in [3.63, 3.8) is 0 Å². The summed E-state index contributed by atoms with van der Waals surface area (Å²) in [5.41, 5.74) is 11.3. The Morgan fingerprint density at radius 3 is 2.64 bits per heavy atom. The Balaban J connectivity index is 3.05. The number of methoxy groups -OCH3 is 1. The number of halogens is 1. The molecule has 4 N–H and O–H groups in total. The fourth-order valence-corrected chi connectivity index (χ4v) is 1.64. The van der Waals surface area contributed by atoms with Crippen LogP contribution in [0.4, 0.5) is 0 Å². The van der Waals surface area contributed by atoms with Gasteiger partial charge in [-0.15, -0.1) is 0 Å². The molecular weight excluding hydrogens is 248 g/mol. The van der Waals surface area contributed by atoms with Crippen LogP contribution in [-0.4, -0.2) is 13.0 Å². The standard InChI is InChI=1S/C9H11BrN2O2/c1-14-5-2-3-6(7(10)4-5)8(11)9(12)13/h2-4,8H,11H2,1H3,(H2,12,13). The minimum absolute atomic E-state index is 0.559. The maximum absolute atomic E-state index is 10.9. The molecule has 0 aliphatic carbocycles. The molecule has 4 nitrogen and oxygen atoms in total. The molecule has 0 aliphatic heterocycles. The molecule has 0 saturated carbocycles. The Bertz CT molecular complexity index is 355. The molecule has 1 aromatic carbocycles. The number of benzene rings is 1. The minimum atomic E-state index is -0.796. The van der Waals surface area contributed by atoms with E-state index in [1.54, 1.807) is 25.3 Å². The molecule has 1 atom stereocenters. The van der Waals surface area contributed by atoms with Gasteiger partial charge in [0.2, 0.25) is 5.91 Å². The number of carbonyl (C=O) groups excluding carboxylic acids is 1. The lowest BCUT2D eigenvalue weighted by Crippen LogP contribution is -2.28. The highest BCUT2D eigenvalue weighted by Gasteiger charge is 2.15. The van der Waals surface area contributed by atoms with Gasteiger partial charge < -0.3 is 16.2 Å². The van der Waals surface area contributed by atoms with Gasteiger partial charge in [0.15, 0.2) is 0 Å². The zero-order valence-electron chi connectivity index (χ0n) is 7.66. The molecule has 0 radical (unpaired) electrons. The van der Waals surface area contributed by atoms with Crippen LogP contribution in [0.1, 0.15) is 11.6 Å². The monoisotopic (exact) mass is 258 g/mol. The van der Waals surface area contributed by atoms with Gasteiger partial charge in [0.1, 0.15) is 11.8 Å². The number of rotatable bonds is 3. The Kier molecular flexibility index (Phi) is 3.49. The lowest BCUT2D eigenvalue weighted by atomic mass is 10.1. The van der Waals surface area contributed by atoms with Crippen molar-refractivity contribution in [2.75, 3.05) is 7.11 Å². The van der Waals surface area contributed by atoms with Gasteiger partial charge >= 0.3 is 0 Å². The van der Waals surface area contributed by atoms with Gasteiger partial charge in [-0.2, -0.15) is 0 Å². The Morgan fingerprint density at radius 2 is 2.21 bits per heavy atom. The predicted octanol–water partition coefficient (Wildman–Crippen LogP) is 0.943. The van der Waals surface area contributed by atoms with Crippen molar-refractivity contribution in [2.45, 2.75) is 6.04 Å². The number of hydrogen-bond donors (Lipinski definition) is 2. The molecule has 5 heteroatoms. The van der Waals surface area contributed by atoms with Crippen molar-refractivity contribution >= 4 is 21.8 Å². The summed E-state index contributed by atoms with van der Waals surface area (Å²) in [6, 6.07) is 4.37. The Labute approximate surface area is 90.3 Å². The molecule has 14 heavy (non-hydrogen) atoms. The van der Waals surface area contributed by atoms with Crippen molar-refractivity contribution < 1.29 is 9.53 Å². The van der Waals surface area contributed by atoms with Crippen molar-refractivity contribution in [1.82, 2.24) is 0 Å². The van der Waals surface area contributed by atoms with E-state index in [2.05, 4.69) is 15.9 Å². The maximum Gasteiger partial charge on any atom is 0.238 e. The van der Waals surface area contributed by atoms with Gasteiger partial charge in [-0.3, -0.25) is 4.79 Å². The zero-order chi connectivity index (χ0) is 10.7. The van der Waals surface area contributed by atoms with Gasteiger partial charge in [-0.05, 0) is 17.7 Å². The van der Waals surface area contributed by atoms with Gasteiger partial charge in [0.05, 0.1) is 7.11 Å². The molecule has 1 amide bonds. The summed E-state index contributed by atoms with van der Waals surface area (Å²) in [5.74, 6) is 0.133. The number of hydrogen-bond acceptors (Lipinski definition) is 3. The largest absolute Gasteiger partial charge is 0.497 e. The smallest absolute Gasteiger partial charge is 0.238 e. The molecule has 0 heterocycles. The Hall–Kier alpha value is -1.07. The molecule has 1 rings (SSSR count). The first-order valence-corrected chi connectivity index (χ1v) is 4.74. The van der Waals surface area contributed by atoms with Crippen LogP contribution in [0.15, 0.2) is 22.7 Å². The molecule has 0 spiro atoms. The van der Waals surface area contributed by atoms with Crippen molar-refractivity contribution in [1.29, 1.82) is 0 Å². The topological polar surface area (TPSA) is 78.3 Å². The summed E-state index contributed by atoms with van der Waals surface area (Å²) in [7, 11) is 1.56. The molecule has 0 bridgehead atoms. The minimum Gasteiger partial charge on any atom is -0.497 e. The van der Waals surface area contributed by atoms with E-state index in [1.165, 1.54) is 0 Å². The third-order valence-corrected chi connectivity index (χ3v) is 2.54. The van der Waals surface area contributed by atoms with Gasteiger partial charge in [0, 0.05) is 4.47 Å². The second kappa shape index (κ2) is 4.43. The van der Waals surface area contributed by atoms with Crippen LogP contribution in [0.5, 0.6) is 5.75 Å². The highest BCUT2D eigenvalue weighted by molar-refractivity contribution is 9.10. The van der Waals surface area contributed by atoms with Gasteiger partial charge in [-0.25, -0.2) is 0 Å². The van der Waals surface area contributed by atoms with Gasteiger partial charge in [0.25, 0.3) is 0 Å². The van der Waals surface area contributed by atoms with Crippen LogP contribution in [0.3, 0.4) is 0 Å². The van der Waals surface area contributed by atoms with E-state index in [-0.39, 0.29) is 0 Å². The zero-order valence-corrected chi connectivity index (χ0v) is 9.24. The summed E-state index contributed by atoms with van der Waals surface area (Å²) >= 11 is 3.29. The maximum atomic E-state index is 10.9. The molecule has 76 valence electrons. The summed E-state index contributed by atoms with van der Waals surface area (Å²) < 4.78 is 5.71. The Morgan fingerprint density at radius 1 is 1.57 bits per heavy atom. The summed E-state index contributed by atoms with van der Waals surface area (Å²) in [5, 5.41) is 0. The van der Waals surface area contributed by atoms with Crippen LogP contribution in [-0.2, 0) is 4.79 Å². The number of amides is 1. The van der Waals surface area contributed by atoms with E-state index in [4.69, 9.17) is 16.2 Å². The van der Waals surface area contributed by atoms with E-state index in [0.29, 0.717) is 15.8 Å². The van der Waals surface area contributed by atoms with Gasteiger partial charge in [-0.1, -0.05) is 22.0 Å². The van der Waals surface area contributed by atoms with Crippen LogP contribution in [0, 0.1) is 0 Å². The molecule has 0 fully saturated rings. The predicted molar refractivity (Wildman–Crippen MR) is 56.8 cm³/mol. The summed E-state index contributed by atoms with van der Waals surface area (Å²) in [4.78, 5) is 10.9. The number of primary amides is 1. The summed E-state index contributed by atoms with van der Waals surface area (Å²) in [6.07, 6.45) is 0. The SMILES string of the molecule is COc1ccc(C(N)C(N)=O)c(Br)c1. The fourth-order valence-electron chi connectivity index (χ4n) is 1.04. The third-order valence-electron chi connectivity index (χ3n) is 1.85. The molecular formula is C9H11BrN2O2. The highest BCUT2D eigenvalue weighted by atomic mass is 79.9. The second-order valence-electron chi connectivity index (χ2n) is 2.77. The van der Waals surface area contributed by atoms with E-state index in [9.17, 15) is 4.79 Å². The average molecular weight is 259 g/mol. The number of nitrogens with two attached hydrogens (primary N) is 2. The highest BCUT2D eigenvalue weighted by Crippen LogP contribution is 2.26. The summed E-state index contributed by atoms with van der Waals surface area (Å²) in [6.45, 7) is 0. The first kappa shape index (κ1) is 11.0. The molecule has 0 aromatic heterocycles. The number of carbonyl (C=O) groups is 1. The average Bonchev–Trinajstić information content (AvgIpc) is 2.16. The van der Waals surface area contributed by atoms with Crippen molar-refractivity contribution in [3.05, 3.63) is 28.2 Å². The molecule has 1 aromatic rings. The van der Waals surface area contributed by atoms with Crippen LogP contribution in [0.2, 0.25) is 0 Å². The van der Waals surface area contributed by atoms with Crippen molar-refractivity contribution in [3.8, 4) is 5.75 Å². The van der Waals surface area contributed by atoms with Crippen LogP contribution in [0.25, 0.3) is 0 Å². The fraction of sp³-hybridized carbons (Fsp3) is 0.222. The van der Waals surface area contributed by atoms with E-state index < -0.39 is 11.9 Å². The van der Waals surface area contributed by atoms with Crippen molar-refractivity contribution in [2.24, 2.45) is 11.5 Å². The first-order chi connectivity index (χ1) is 6.56. The number of ether oxygens (including phenoxy) is 1. The van der Waals surface area contributed by atoms with E-state index >= 15 is 0 Å². The van der Waals surface area contributed by atoms with E-state index in [0.717, 1.165) is 0 Å². The molecule has 0 saturated heterocycles. The quantitative estimate of drug-likeness (QED) is 0.847. The molecule has 0 aliphatic rings. The second-order valence-corrected chi connectivity index (χ2v) is 3.62.